The van der Waals surface area contributed by atoms with Gasteiger partial charge in [0.15, 0.2) is 0 Å². The fraction of sp³-hybridized carbons (Fsp3) is 0.535. The van der Waals surface area contributed by atoms with E-state index in [2.05, 4.69) is 15.4 Å². The molecule has 1 saturated heterocycles. The molecular weight excluding hydrogens is 821 g/mol. The molecule has 19 heteroatoms. The maximum absolute atomic E-state index is 14.3. The van der Waals surface area contributed by atoms with Gasteiger partial charge in [0, 0.05) is 32.5 Å². The van der Waals surface area contributed by atoms with Crippen molar-refractivity contribution in [3.8, 4) is 6.01 Å². The van der Waals surface area contributed by atoms with Crippen molar-refractivity contribution in [2.24, 2.45) is 17.6 Å². The first-order chi connectivity index (χ1) is 29.2. The number of rotatable bonds is 19. The molecule has 5 rings (SSSR count). The number of ether oxygens (including phenoxy) is 3. The Balaban J connectivity index is 1.22. The van der Waals surface area contributed by atoms with Gasteiger partial charge < -0.3 is 30.2 Å². The summed E-state index contributed by atoms with van der Waals surface area (Å²) in [4.78, 5) is 71.3. The van der Waals surface area contributed by atoms with E-state index in [4.69, 9.17) is 24.9 Å². The predicted molar refractivity (Wildman–Crippen MR) is 232 cm³/mol. The molecule has 1 aliphatic heterocycles. The van der Waals surface area contributed by atoms with Crippen molar-refractivity contribution in [3.05, 3.63) is 66.2 Å². The van der Waals surface area contributed by atoms with Gasteiger partial charge in [-0.1, -0.05) is 61.4 Å². The topological polar surface area (TPSA) is 234 Å². The van der Waals surface area contributed by atoms with E-state index in [0.29, 0.717) is 42.4 Å². The van der Waals surface area contributed by atoms with Gasteiger partial charge in [0.2, 0.25) is 17.7 Å². The minimum Gasteiger partial charge on any atom is -0.459 e. The quantitative estimate of drug-likeness (QED) is 0.0907. The molecule has 0 radical (unpaired) electrons. The van der Waals surface area contributed by atoms with Gasteiger partial charge in [-0.3, -0.25) is 24.3 Å². The van der Waals surface area contributed by atoms with Crippen LogP contribution in [0.4, 0.5) is 15.3 Å². The minimum atomic E-state index is -3.84. The van der Waals surface area contributed by atoms with Gasteiger partial charge in [-0.05, 0) is 83.9 Å². The zero-order chi connectivity index (χ0) is 45.4. The Morgan fingerprint density at radius 2 is 1.71 bits per heavy atom. The SMILES string of the molecule is CC(C)n1c(OC2CC(C(N)=O)N(C(=O)C(CCCCCC=CC3CC3C(=O)NS(=O)(=O)N(C)C)NC(=O)OC(C)(C)C)C2)nc2c(NC(=O)OCc3ccccc3)cccc21. The molecule has 338 valence electrons. The smallest absolute Gasteiger partial charge is 0.412 e. The number of amides is 5. The van der Waals surface area contributed by atoms with Crippen molar-refractivity contribution in [2.45, 2.75) is 116 Å². The third-order valence-electron chi connectivity index (χ3n) is 10.4. The van der Waals surface area contributed by atoms with E-state index in [-0.39, 0.29) is 49.9 Å². The summed E-state index contributed by atoms with van der Waals surface area (Å²) in [5.74, 6) is -2.16. The van der Waals surface area contributed by atoms with Crippen LogP contribution >= 0.6 is 0 Å². The van der Waals surface area contributed by atoms with Crippen molar-refractivity contribution in [1.82, 2.24) is 28.8 Å². The number of anilines is 1. The van der Waals surface area contributed by atoms with E-state index in [9.17, 15) is 32.4 Å². The summed E-state index contributed by atoms with van der Waals surface area (Å²) in [6.07, 6.45) is 5.40. The number of allylic oxidation sites excluding steroid dienone is 2. The number of fused-ring (bicyclic) bond motifs is 1. The molecule has 2 fully saturated rings. The lowest BCUT2D eigenvalue weighted by Gasteiger charge is -2.28. The molecule has 0 spiro atoms. The molecular formula is C43H60N8O10S. The number of nitrogens with zero attached hydrogens (tertiary/aromatic N) is 4. The average molecular weight is 881 g/mol. The van der Waals surface area contributed by atoms with Crippen LogP contribution in [0.1, 0.15) is 91.2 Å². The highest BCUT2D eigenvalue weighted by Crippen LogP contribution is 2.40. The molecule has 5 amide bonds. The van der Waals surface area contributed by atoms with Crippen molar-refractivity contribution >= 4 is 56.8 Å². The highest BCUT2D eigenvalue weighted by Gasteiger charge is 2.44. The second-order valence-corrected chi connectivity index (χ2v) is 19.0. The van der Waals surface area contributed by atoms with Gasteiger partial charge in [0.25, 0.3) is 6.01 Å². The molecule has 5 atom stereocenters. The maximum atomic E-state index is 14.3. The number of unbranched alkanes of at least 4 members (excludes halogenated alkanes) is 3. The molecule has 5 unspecified atom stereocenters. The van der Waals surface area contributed by atoms with Crippen molar-refractivity contribution in [1.29, 1.82) is 0 Å². The first kappa shape index (κ1) is 47.4. The summed E-state index contributed by atoms with van der Waals surface area (Å²) in [6, 6.07) is 12.7. The summed E-state index contributed by atoms with van der Waals surface area (Å²) >= 11 is 0. The summed E-state index contributed by atoms with van der Waals surface area (Å²) in [7, 11) is -1.14. The van der Waals surface area contributed by atoms with Gasteiger partial charge >= 0.3 is 22.4 Å². The number of alkyl carbamates (subject to hydrolysis) is 1. The van der Waals surface area contributed by atoms with Crippen LogP contribution in [0.15, 0.2) is 60.7 Å². The molecule has 1 saturated carbocycles. The Bertz CT molecular complexity index is 2220. The van der Waals surface area contributed by atoms with Crippen LogP contribution in [0.5, 0.6) is 6.01 Å². The first-order valence-electron chi connectivity index (χ1n) is 20.9. The Morgan fingerprint density at radius 1 is 0.984 bits per heavy atom. The first-order valence-corrected chi connectivity index (χ1v) is 22.3. The van der Waals surface area contributed by atoms with Crippen molar-refractivity contribution in [2.75, 3.05) is 26.0 Å². The normalized spacial score (nSPS) is 19.4. The average Bonchev–Trinajstić information content (AvgIpc) is 3.68. The fourth-order valence-corrected chi connectivity index (χ4v) is 7.77. The number of imidazole rings is 1. The summed E-state index contributed by atoms with van der Waals surface area (Å²) in [6.45, 7) is 9.12. The van der Waals surface area contributed by atoms with Gasteiger partial charge in [-0.15, -0.1) is 0 Å². The van der Waals surface area contributed by atoms with Crippen LogP contribution in [-0.4, -0.2) is 102 Å². The summed E-state index contributed by atoms with van der Waals surface area (Å²) in [5, 5.41) is 5.50. The van der Waals surface area contributed by atoms with Crippen LogP contribution in [-0.2, 0) is 40.7 Å². The van der Waals surface area contributed by atoms with Gasteiger partial charge in [-0.2, -0.15) is 17.7 Å². The molecule has 1 aliphatic carbocycles. The number of benzene rings is 2. The Hall–Kier alpha value is -5.69. The van der Waals surface area contributed by atoms with E-state index in [1.807, 2.05) is 67.0 Å². The third-order valence-corrected chi connectivity index (χ3v) is 11.8. The molecule has 18 nitrogen and oxygen atoms in total. The predicted octanol–water partition coefficient (Wildman–Crippen LogP) is 5.16. The van der Waals surface area contributed by atoms with Crippen molar-refractivity contribution < 1.29 is 46.6 Å². The lowest BCUT2D eigenvalue weighted by molar-refractivity contribution is -0.139. The van der Waals surface area contributed by atoms with Crippen LogP contribution < -0.4 is 25.8 Å². The third kappa shape index (κ3) is 12.9. The lowest BCUT2D eigenvalue weighted by Crippen LogP contribution is -2.53. The molecule has 2 aromatic carbocycles. The van der Waals surface area contributed by atoms with E-state index in [1.54, 1.807) is 32.9 Å². The second-order valence-electron chi connectivity index (χ2n) is 17.1. The monoisotopic (exact) mass is 880 g/mol. The van der Waals surface area contributed by atoms with Crippen LogP contribution in [0.25, 0.3) is 11.0 Å². The number of hydrogen-bond acceptors (Lipinski definition) is 11. The number of primary amides is 1. The Morgan fingerprint density at radius 3 is 2.37 bits per heavy atom. The van der Waals surface area contributed by atoms with Gasteiger partial charge in [-0.25, -0.2) is 14.3 Å². The molecule has 5 N–H and O–H groups in total. The number of hydrogen-bond donors (Lipinski definition) is 4. The Labute approximate surface area is 363 Å². The van der Waals surface area contributed by atoms with Gasteiger partial charge in [0.1, 0.15) is 35.9 Å². The number of carbonyl (C=O) groups is 5. The minimum absolute atomic E-state index is 0.0107. The van der Waals surface area contributed by atoms with E-state index >= 15 is 0 Å². The van der Waals surface area contributed by atoms with Crippen LogP contribution in [0.2, 0.25) is 0 Å². The standard InChI is InChI=1S/C43H60N8O10S/c1-27(2)51-34-22-16-21-32(45-41(55)59-26-28-17-12-11-13-18-28)36(34)47-40(51)60-30-24-35(37(44)52)50(25-30)39(54)33(46-42(56)61-43(3,4)5)20-15-10-8-9-14-19-29-23-31(29)38(53)48-62(57,58)49(6)7/h11-14,16-19,21-22,27,29-31,33,35H,8-10,15,20,23-26H2,1-7H3,(H2,44,52)(H,45,55)(H,46,56)(H,48,53). The highest BCUT2D eigenvalue weighted by molar-refractivity contribution is 7.87. The summed E-state index contributed by atoms with van der Waals surface area (Å²) < 4.78 is 46.2. The van der Waals surface area contributed by atoms with Gasteiger partial charge in [0.05, 0.1) is 17.7 Å². The zero-order valence-electron chi connectivity index (χ0n) is 36.5. The highest BCUT2D eigenvalue weighted by atomic mass is 32.2. The van der Waals surface area contributed by atoms with Crippen LogP contribution in [0.3, 0.4) is 0 Å². The van der Waals surface area contributed by atoms with E-state index in [1.165, 1.54) is 19.0 Å². The Kier molecular flexibility index (Phi) is 15.6. The van der Waals surface area contributed by atoms with Crippen molar-refractivity contribution in [3.63, 3.8) is 0 Å². The molecule has 62 heavy (non-hydrogen) atoms. The largest absolute Gasteiger partial charge is 0.459 e. The number of aromatic nitrogens is 2. The summed E-state index contributed by atoms with van der Waals surface area (Å²) in [5.41, 5.74) is 7.42. The van der Waals surface area contributed by atoms with E-state index < -0.39 is 63.9 Å². The molecule has 0 bridgehead atoms. The molecule has 3 aromatic rings. The second kappa shape index (κ2) is 20.5. The fourth-order valence-electron chi connectivity index (χ4n) is 7.18. The zero-order valence-corrected chi connectivity index (χ0v) is 37.3. The molecule has 2 heterocycles. The lowest BCUT2D eigenvalue weighted by atomic mass is 10.0. The number of nitrogens with one attached hydrogen (secondary N) is 3. The van der Waals surface area contributed by atoms with E-state index in [0.717, 1.165) is 16.3 Å². The molecule has 1 aromatic heterocycles. The number of likely N-dealkylation sites (tertiary alicyclic amines) is 1. The maximum Gasteiger partial charge on any atom is 0.412 e. The number of para-hydroxylation sites is 1. The van der Waals surface area contributed by atoms with Crippen LogP contribution in [0, 0.1) is 11.8 Å². The number of nitrogens with two attached hydrogens (primary N) is 1. The number of carbonyl (C=O) groups excluding carboxylic acids is 5. The molecule has 2 aliphatic rings.